The molecular weight excluding hydrogens is 132 g/mol. The zero-order valence-corrected chi connectivity index (χ0v) is 6.54. The molecule has 0 saturated carbocycles. The lowest BCUT2D eigenvalue weighted by atomic mass is 9.95. The van der Waals surface area contributed by atoms with Crippen LogP contribution in [0.3, 0.4) is 0 Å². The van der Waals surface area contributed by atoms with Crippen LogP contribution in [0.5, 0.6) is 0 Å². The van der Waals surface area contributed by atoms with Gasteiger partial charge in [0.15, 0.2) is 0 Å². The minimum absolute atomic E-state index is 0.0437. The maximum absolute atomic E-state index is 9.26. The predicted octanol–water partition coefficient (Wildman–Crippen LogP) is -0.252. The first-order valence-corrected chi connectivity index (χ1v) is 3.46. The van der Waals surface area contributed by atoms with Crippen molar-refractivity contribution < 1.29 is 15.3 Å². The van der Waals surface area contributed by atoms with Crippen molar-refractivity contribution in [2.75, 3.05) is 13.2 Å². The second-order valence-corrected chi connectivity index (χ2v) is 3.15. The highest BCUT2D eigenvalue weighted by atomic mass is 16.3. The van der Waals surface area contributed by atoms with Gasteiger partial charge in [0.05, 0.1) is 12.2 Å². The fraction of sp³-hybridized carbons (Fsp3) is 1.00. The van der Waals surface area contributed by atoms with Crippen LogP contribution in [-0.2, 0) is 0 Å². The minimum Gasteiger partial charge on any atom is -0.396 e. The molecule has 0 aromatic heterocycles. The fourth-order valence-corrected chi connectivity index (χ4v) is 0.880. The molecule has 0 aliphatic heterocycles. The molecule has 0 fully saturated rings. The molecule has 0 heterocycles. The average molecular weight is 148 g/mol. The van der Waals surface area contributed by atoms with Gasteiger partial charge in [-0.1, -0.05) is 6.92 Å². The van der Waals surface area contributed by atoms with Crippen LogP contribution in [-0.4, -0.2) is 34.1 Å². The molecule has 0 aromatic carbocycles. The SMILES string of the molecule is CC(CO)CC(C)(O)CO. The highest BCUT2D eigenvalue weighted by Gasteiger charge is 2.21. The summed E-state index contributed by atoms with van der Waals surface area (Å²) >= 11 is 0. The van der Waals surface area contributed by atoms with E-state index in [9.17, 15) is 5.11 Å². The fourth-order valence-electron chi connectivity index (χ4n) is 0.880. The average Bonchev–Trinajstić information content (AvgIpc) is 1.87. The molecule has 3 N–H and O–H groups in total. The molecule has 0 aromatic rings. The lowest BCUT2D eigenvalue weighted by molar-refractivity contribution is -0.0213. The zero-order chi connectivity index (χ0) is 8.20. The Morgan fingerprint density at radius 1 is 1.40 bits per heavy atom. The van der Waals surface area contributed by atoms with Crippen molar-refractivity contribution in [2.45, 2.75) is 25.9 Å². The minimum atomic E-state index is -1.04. The van der Waals surface area contributed by atoms with E-state index < -0.39 is 5.60 Å². The zero-order valence-electron chi connectivity index (χ0n) is 6.54. The van der Waals surface area contributed by atoms with Gasteiger partial charge in [-0.2, -0.15) is 0 Å². The lowest BCUT2D eigenvalue weighted by Crippen LogP contribution is -2.31. The number of aliphatic hydroxyl groups is 3. The van der Waals surface area contributed by atoms with Gasteiger partial charge in [0.25, 0.3) is 0 Å². The molecule has 0 aliphatic rings. The number of rotatable bonds is 4. The first-order chi connectivity index (χ1) is 4.52. The largest absolute Gasteiger partial charge is 0.396 e. The van der Waals surface area contributed by atoms with Crippen molar-refractivity contribution in [3.63, 3.8) is 0 Å². The van der Waals surface area contributed by atoms with Crippen LogP contribution in [0.4, 0.5) is 0 Å². The van der Waals surface area contributed by atoms with Gasteiger partial charge >= 0.3 is 0 Å². The number of aliphatic hydroxyl groups excluding tert-OH is 2. The summed E-state index contributed by atoms with van der Waals surface area (Å²) in [5, 5.41) is 26.5. The number of hydrogen-bond acceptors (Lipinski definition) is 3. The summed E-state index contributed by atoms with van der Waals surface area (Å²) in [4.78, 5) is 0. The highest BCUT2D eigenvalue weighted by molar-refractivity contribution is 4.73. The Kier molecular flexibility index (Phi) is 3.86. The van der Waals surface area contributed by atoms with Crippen LogP contribution in [0.15, 0.2) is 0 Å². The molecule has 0 amide bonds. The second-order valence-electron chi connectivity index (χ2n) is 3.15. The molecule has 62 valence electrons. The van der Waals surface area contributed by atoms with Gasteiger partial charge in [-0.3, -0.25) is 0 Å². The second kappa shape index (κ2) is 3.91. The van der Waals surface area contributed by atoms with E-state index in [-0.39, 0.29) is 19.1 Å². The molecule has 3 nitrogen and oxygen atoms in total. The highest BCUT2D eigenvalue weighted by Crippen LogP contribution is 2.14. The predicted molar refractivity (Wildman–Crippen MR) is 38.6 cm³/mol. The van der Waals surface area contributed by atoms with Gasteiger partial charge in [-0.05, 0) is 19.3 Å². The molecule has 0 rings (SSSR count). The Balaban J connectivity index is 3.64. The van der Waals surface area contributed by atoms with E-state index in [1.165, 1.54) is 0 Å². The quantitative estimate of drug-likeness (QED) is 0.515. The Hall–Kier alpha value is -0.120. The lowest BCUT2D eigenvalue weighted by Gasteiger charge is -2.22. The molecule has 0 spiro atoms. The summed E-state index contributed by atoms with van der Waals surface area (Å²) in [5.74, 6) is 0.0437. The normalized spacial score (nSPS) is 20.1. The van der Waals surface area contributed by atoms with Gasteiger partial charge in [-0.15, -0.1) is 0 Å². The van der Waals surface area contributed by atoms with E-state index in [0.717, 1.165) is 0 Å². The topological polar surface area (TPSA) is 60.7 Å². The summed E-state index contributed by atoms with van der Waals surface area (Å²) in [6.45, 7) is 3.18. The Morgan fingerprint density at radius 2 is 1.90 bits per heavy atom. The monoisotopic (exact) mass is 148 g/mol. The Morgan fingerprint density at radius 3 is 2.20 bits per heavy atom. The van der Waals surface area contributed by atoms with Crippen LogP contribution in [0.2, 0.25) is 0 Å². The Bertz CT molecular complexity index is 90.9. The smallest absolute Gasteiger partial charge is 0.0852 e. The van der Waals surface area contributed by atoms with Gasteiger partial charge in [-0.25, -0.2) is 0 Å². The van der Waals surface area contributed by atoms with E-state index in [4.69, 9.17) is 10.2 Å². The summed E-state index contributed by atoms with van der Waals surface area (Å²) in [5.41, 5.74) is -1.04. The van der Waals surface area contributed by atoms with E-state index in [0.29, 0.717) is 6.42 Å². The van der Waals surface area contributed by atoms with Crippen molar-refractivity contribution >= 4 is 0 Å². The Labute approximate surface area is 61.3 Å². The van der Waals surface area contributed by atoms with Gasteiger partial charge in [0, 0.05) is 6.61 Å². The molecule has 2 atom stereocenters. The number of hydrogen-bond donors (Lipinski definition) is 3. The molecule has 0 aliphatic carbocycles. The van der Waals surface area contributed by atoms with Gasteiger partial charge in [0.1, 0.15) is 0 Å². The molecule has 0 radical (unpaired) electrons. The van der Waals surface area contributed by atoms with Crippen LogP contribution in [0, 0.1) is 5.92 Å². The van der Waals surface area contributed by atoms with Crippen LogP contribution >= 0.6 is 0 Å². The first-order valence-electron chi connectivity index (χ1n) is 3.46. The molecule has 2 unspecified atom stereocenters. The van der Waals surface area contributed by atoms with Crippen LogP contribution in [0.1, 0.15) is 20.3 Å². The van der Waals surface area contributed by atoms with Crippen molar-refractivity contribution in [3.05, 3.63) is 0 Å². The maximum atomic E-state index is 9.26. The van der Waals surface area contributed by atoms with Crippen molar-refractivity contribution in [1.29, 1.82) is 0 Å². The molecule has 0 saturated heterocycles. The van der Waals surface area contributed by atoms with E-state index in [1.807, 2.05) is 6.92 Å². The maximum Gasteiger partial charge on any atom is 0.0852 e. The summed E-state index contributed by atoms with van der Waals surface area (Å²) in [6, 6.07) is 0. The standard InChI is InChI=1S/C7H16O3/c1-6(4-8)3-7(2,10)5-9/h6,8-10H,3-5H2,1-2H3. The third-order valence-corrected chi connectivity index (χ3v) is 1.44. The third kappa shape index (κ3) is 3.82. The van der Waals surface area contributed by atoms with Gasteiger partial charge in [0.2, 0.25) is 0 Å². The van der Waals surface area contributed by atoms with E-state index in [1.54, 1.807) is 6.92 Å². The first kappa shape index (κ1) is 9.88. The summed E-state index contributed by atoms with van der Waals surface area (Å²) in [7, 11) is 0. The third-order valence-electron chi connectivity index (χ3n) is 1.44. The van der Waals surface area contributed by atoms with E-state index in [2.05, 4.69) is 0 Å². The molecular formula is C7H16O3. The van der Waals surface area contributed by atoms with Crippen LogP contribution < -0.4 is 0 Å². The summed E-state index contributed by atoms with van der Waals surface area (Å²) in [6.07, 6.45) is 0.431. The van der Waals surface area contributed by atoms with E-state index >= 15 is 0 Å². The van der Waals surface area contributed by atoms with Crippen molar-refractivity contribution in [2.24, 2.45) is 5.92 Å². The van der Waals surface area contributed by atoms with Crippen molar-refractivity contribution in [1.82, 2.24) is 0 Å². The van der Waals surface area contributed by atoms with Gasteiger partial charge < -0.3 is 15.3 Å². The van der Waals surface area contributed by atoms with Crippen LogP contribution in [0.25, 0.3) is 0 Å². The summed E-state index contributed by atoms with van der Waals surface area (Å²) < 4.78 is 0. The van der Waals surface area contributed by atoms with Crippen molar-refractivity contribution in [3.8, 4) is 0 Å². The molecule has 0 bridgehead atoms. The molecule has 3 heteroatoms. The molecule has 10 heavy (non-hydrogen) atoms.